The van der Waals surface area contributed by atoms with Gasteiger partial charge in [0.05, 0.1) is 0 Å². The minimum Gasteiger partial charge on any atom is -0.331 e. The Kier molecular flexibility index (Phi) is 3.94. The first-order valence-corrected chi connectivity index (χ1v) is 6.06. The van der Waals surface area contributed by atoms with Crippen LogP contribution in [0, 0.1) is 6.92 Å². The van der Waals surface area contributed by atoms with Crippen molar-refractivity contribution in [3.63, 3.8) is 0 Å². The van der Waals surface area contributed by atoms with E-state index in [9.17, 15) is 0 Å². The summed E-state index contributed by atoms with van der Waals surface area (Å²) < 4.78 is 2.17. The van der Waals surface area contributed by atoms with E-state index in [2.05, 4.69) is 46.1 Å². The molecule has 0 saturated heterocycles. The number of imidazole rings is 1. The SMILES string of the molecule is CCNCc1ccccc1Cn1ccnc1C. The Morgan fingerprint density at radius 2 is 2.00 bits per heavy atom. The van der Waals surface area contributed by atoms with Crippen molar-refractivity contribution in [1.29, 1.82) is 0 Å². The third-order valence-corrected chi connectivity index (χ3v) is 2.95. The molecule has 0 fully saturated rings. The molecule has 0 atom stereocenters. The average Bonchev–Trinajstić information content (AvgIpc) is 2.74. The quantitative estimate of drug-likeness (QED) is 0.853. The average molecular weight is 229 g/mol. The molecule has 1 aromatic heterocycles. The molecule has 0 unspecified atom stereocenters. The van der Waals surface area contributed by atoms with Gasteiger partial charge in [-0.05, 0) is 24.6 Å². The van der Waals surface area contributed by atoms with Crippen LogP contribution < -0.4 is 5.32 Å². The van der Waals surface area contributed by atoms with Crippen LogP contribution in [0.1, 0.15) is 23.9 Å². The summed E-state index contributed by atoms with van der Waals surface area (Å²) in [6, 6.07) is 8.56. The Morgan fingerprint density at radius 1 is 1.24 bits per heavy atom. The van der Waals surface area contributed by atoms with Gasteiger partial charge in [0.2, 0.25) is 0 Å². The van der Waals surface area contributed by atoms with E-state index >= 15 is 0 Å². The summed E-state index contributed by atoms with van der Waals surface area (Å²) in [6.45, 7) is 6.99. The number of nitrogens with zero attached hydrogens (tertiary/aromatic N) is 2. The molecule has 1 heterocycles. The Hall–Kier alpha value is -1.61. The van der Waals surface area contributed by atoms with Crippen LogP contribution in [0.3, 0.4) is 0 Å². The minimum absolute atomic E-state index is 0.896. The topological polar surface area (TPSA) is 29.9 Å². The molecule has 90 valence electrons. The van der Waals surface area contributed by atoms with Crippen LogP contribution in [0.25, 0.3) is 0 Å². The third-order valence-electron chi connectivity index (χ3n) is 2.95. The lowest BCUT2D eigenvalue weighted by Gasteiger charge is -2.11. The highest BCUT2D eigenvalue weighted by Gasteiger charge is 2.03. The molecule has 0 radical (unpaired) electrons. The van der Waals surface area contributed by atoms with Crippen LogP contribution in [-0.2, 0) is 13.1 Å². The van der Waals surface area contributed by atoms with Crippen molar-refractivity contribution in [3.05, 3.63) is 53.6 Å². The van der Waals surface area contributed by atoms with E-state index < -0.39 is 0 Å². The first-order chi connectivity index (χ1) is 8.31. The fourth-order valence-electron chi connectivity index (χ4n) is 1.90. The first kappa shape index (κ1) is 11.9. The molecule has 2 aromatic rings. The maximum Gasteiger partial charge on any atom is 0.105 e. The number of aromatic nitrogens is 2. The molecule has 1 aromatic carbocycles. The van der Waals surface area contributed by atoms with Gasteiger partial charge < -0.3 is 9.88 Å². The maximum atomic E-state index is 4.25. The van der Waals surface area contributed by atoms with Crippen molar-refractivity contribution < 1.29 is 0 Å². The monoisotopic (exact) mass is 229 g/mol. The Bertz CT molecular complexity index is 474. The summed E-state index contributed by atoms with van der Waals surface area (Å²) in [5.74, 6) is 1.06. The Labute approximate surface area is 103 Å². The van der Waals surface area contributed by atoms with E-state index in [0.717, 1.165) is 25.5 Å². The normalized spacial score (nSPS) is 10.7. The number of aryl methyl sites for hydroxylation is 1. The van der Waals surface area contributed by atoms with Crippen LogP contribution in [0.2, 0.25) is 0 Å². The summed E-state index contributed by atoms with van der Waals surface area (Å²) in [7, 11) is 0. The van der Waals surface area contributed by atoms with Crippen LogP contribution in [0.5, 0.6) is 0 Å². The summed E-state index contributed by atoms with van der Waals surface area (Å²) in [6.07, 6.45) is 3.88. The second-order valence-electron chi connectivity index (χ2n) is 4.15. The van der Waals surface area contributed by atoms with Gasteiger partial charge in [0.1, 0.15) is 5.82 Å². The molecule has 0 saturated carbocycles. The van der Waals surface area contributed by atoms with Crippen LogP contribution in [0.15, 0.2) is 36.7 Å². The highest BCUT2D eigenvalue weighted by atomic mass is 15.0. The molecule has 2 rings (SSSR count). The van der Waals surface area contributed by atoms with Gasteiger partial charge in [0, 0.05) is 25.5 Å². The van der Waals surface area contributed by atoms with E-state index in [1.165, 1.54) is 11.1 Å². The molecule has 3 nitrogen and oxygen atoms in total. The zero-order valence-electron chi connectivity index (χ0n) is 10.5. The summed E-state index contributed by atoms with van der Waals surface area (Å²) >= 11 is 0. The molecular weight excluding hydrogens is 210 g/mol. The lowest BCUT2D eigenvalue weighted by Crippen LogP contribution is -2.14. The van der Waals surface area contributed by atoms with Gasteiger partial charge in [-0.2, -0.15) is 0 Å². The molecule has 0 bridgehead atoms. The molecule has 3 heteroatoms. The predicted molar refractivity (Wildman–Crippen MR) is 69.9 cm³/mol. The van der Waals surface area contributed by atoms with E-state index in [1.807, 2.05) is 19.3 Å². The van der Waals surface area contributed by atoms with Gasteiger partial charge in [-0.15, -0.1) is 0 Å². The Balaban J connectivity index is 2.17. The maximum absolute atomic E-state index is 4.25. The van der Waals surface area contributed by atoms with E-state index in [0.29, 0.717) is 0 Å². The number of rotatable bonds is 5. The number of hydrogen-bond donors (Lipinski definition) is 1. The zero-order chi connectivity index (χ0) is 12.1. The summed E-state index contributed by atoms with van der Waals surface area (Å²) in [4.78, 5) is 4.25. The highest BCUT2D eigenvalue weighted by Crippen LogP contribution is 2.11. The van der Waals surface area contributed by atoms with Crippen LogP contribution >= 0.6 is 0 Å². The number of nitrogens with one attached hydrogen (secondary N) is 1. The van der Waals surface area contributed by atoms with E-state index in [1.54, 1.807) is 0 Å². The highest BCUT2D eigenvalue weighted by molar-refractivity contribution is 5.27. The smallest absolute Gasteiger partial charge is 0.105 e. The summed E-state index contributed by atoms with van der Waals surface area (Å²) in [5, 5.41) is 3.37. The molecule has 0 spiro atoms. The standard InChI is InChI=1S/C14H19N3/c1-3-15-10-13-6-4-5-7-14(13)11-17-9-8-16-12(17)2/h4-9,15H,3,10-11H2,1-2H3. The van der Waals surface area contributed by atoms with Gasteiger partial charge in [-0.25, -0.2) is 4.98 Å². The minimum atomic E-state index is 0.896. The van der Waals surface area contributed by atoms with Gasteiger partial charge in [-0.1, -0.05) is 31.2 Å². The van der Waals surface area contributed by atoms with Gasteiger partial charge in [-0.3, -0.25) is 0 Å². The number of hydrogen-bond acceptors (Lipinski definition) is 2. The van der Waals surface area contributed by atoms with Crippen molar-refractivity contribution in [2.24, 2.45) is 0 Å². The lowest BCUT2D eigenvalue weighted by atomic mass is 10.1. The summed E-state index contributed by atoms with van der Waals surface area (Å²) in [5.41, 5.74) is 2.72. The fraction of sp³-hybridized carbons (Fsp3) is 0.357. The lowest BCUT2D eigenvalue weighted by molar-refractivity contribution is 0.701. The molecule has 0 amide bonds. The van der Waals surface area contributed by atoms with Gasteiger partial charge in [0.15, 0.2) is 0 Å². The predicted octanol–water partition coefficient (Wildman–Crippen LogP) is 2.35. The van der Waals surface area contributed by atoms with E-state index in [4.69, 9.17) is 0 Å². The number of benzene rings is 1. The fourth-order valence-corrected chi connectivity index (χ4v) is 1.90. The molecule has 0 aliphatic carbocycles. The van der Waals surface area contributed by atoms with Gasteiger partial charge >= 0.3 is 0 Å². The second-order valence-corrected chi connectivity index (χ2v) is 4.15. The van der Waals surface area contributed by atoms with Crippen molar-refractivity contribution in [3.8, 4) is 0 Å². The van der Waals surface area contributed by atoms with E-state index in [-0.39, 0.29) is 0 Å². The molecule has 0 aliphatic heterocycles. The first-order valence-electron chi connectivity index (χ1n) is 6.06. The van der Waals surface area contributed by atoms with Crippen molar-refractivity contribution in [2.45, 2.75) is 26.9 Å². The zero-order valence-corrected chi connectivity index (χ0v) is 10.5. The molecular formula is C14H19N3. The molecule has 0 aliphatic rings. The second kappa shape index (κ2) is 5.64. The molecule has 1 N–H and O–H groups in total. The van der Waals surface area contributed by atoms with Gasteiger partial charge in [0.25, 0.3) is 0 Å². The van der Waals surface area contributed by atoms with Crippen LogP contribution in [0.4, 0.5) is 0 Å². The van der Waals surface area contributed by atoms with Crippen LogP contribution in [-0.4, -0.2) is 16.1 Å². The largest absolute Gasteiger partial charge is 0.331 e. The Morgan fingerprint density at radius 3 is 2.65 bits per heavy atom. The third kappa shape index (κ3) is 2.94. The molecule has 17 heavy (non-hydrogen) atoms. The van der Waals surface area contributed by atoms with Crippen molar-refractivity contribution >= 4 is 0 Å². The van der Waals surface area contributed by atoms with Crippen molar-refractivity contribution in [2.75, 3.05) is 6.54 Å². The van der Waals surface area contributed by atoms with Crippen molar-refractivity contribution in [1.82, 2.24) is 14.9 Å².